The van der Waals surface area contributed by atoms with E-state index in [4.69, 9.17) is 26.3 Å². The van der Waals surface area contributed by atoms with Crippen molar-refractivity contribution in [3.05, 3.63) is 82.5 Å². The highest BCUT2D eigenvalue weighted by atomic mass is 35.5. The van der Waals surface area contributed by atoms with Gasteiger partial charge in [0.15, 0.2) is 0 Å². The summed E-state index contributed by atoms with van der Waals surface area (Å²) >= 11 is 6.04. The van der Waals surface area contributed by atoms with E-state index in [9.17, 15) is 8.78 Å². The van der Waals surface area contributed by atoms with Gasteiger partial charge in [0.2, 0.25) is 5.95 Å². The van der Waals surface area contributed by atoms with Crippen LogP contribution in [0.25, 0.3) is 5.69 Å². The molecule has 0 radical (unpaired) electrons. The van der Waals surface area contributed by atoms with Gasteiger partial charge in [0.05, 0.1) is 18.0 Å². The third-order valence-electron chi connectivity index (χ3n) is 6.92. The predicted octanol–water partition coefficient (Wildman–Crippen LogP) is 6.02. The highest BCUT2D eigenvalue weighted by molar-refractivity contribution is 6.29. The van der Waals surface area contributed by atoms with Crippen molar-refractivity contribution in [3.8, 4) is 11.4 Å². The zero-order chi connectivity index (χ0) is 25.5. The Balaban J connectivity index is 1.43. The minimum absolute atomic E-state index is 0.269. The van der Waals surface area contributed by atoms with Crippen molar-refractivity contribution in [3.63, 3.8) is 0 Å². The number of nitrogens with one attached hydrogen (secondary N) is 1. The van der Waals surface area contributed by atoms with Crippen molar-refractivity contribution in [2.75, 3.05) is 30.4 Å². The molecule has 1 N–H and O–H groups in total. The SMILES string of the molecule is CN1CCCCOc2cc(ccc2-n2cnc(Cl)c2)Nc2nc3c(c1n2)CCC3c1ccc(F)cc1F. The minimum atomic E-state index is -0.588. The van der Waals surface area contributed by atoms with E-state index in [0.29, 0.717) is 35.4 Å². The van der Waals surface area contributed by atoms with Crippen LogP contribution in [0.15, 0.2) is 48.9 Å². The molecule has 0 saturated heterocycles. The topological polar surface area (TPSA) is 68.1 Å². The lowest BCUT2D eigenvalue weighted by atomic mass is 9.96. The summed E-state index contributed by atoms with van der Waals surface area (Å²) in [6, 6.07) is 9.50. The molecule has 2 aliphatic rings. The quantitative estimate of drug-likeness (QED) is 0.347. The number of nitrogens with zero attached hydrogens (tertiary/aromatic N) is 5. The van der Waals surface area contributed by atoms with Gasteiger partial charge in [-0.25, -0.2) is 18.7 Å². The molecule has 0 spiro atoms. The van der Waals surface area contributed by atoms with Crippen LogP contribution in [0.1, 0.15) is 42.0 Å². The minimum Gasteiger partial charge on any atom is -0.491 e. The molecule has 1 aliphatic carbocycles. The molecule has 0 fully saturated rings. The first-order valence-electron chi connectivity index (χ1n) is 12.3. The number of anilines is 3. The third-order valence-corrected chi connectivity index (χ3v) is 7.12. The molecule has 0 amide bonds. The van der Waals surface area contributed by atoms with Crippen LogP contribution >= 0.6 is 11.6 Å². The van der Waals surface area contributed by atoms with E-state index in [0.717, 1.165) is 60.3 Å². The largest absolute Gasteiger partial charge is 0.491 e. The Morgan fingerprint density at radius 3 is 2.81 bits per heavy atom. The van der Waals surface area contributed by atoms with Gasteiger partial charge in [0.25, 0.3) is 0 Å². The van der Waals surface area contributed by atoms with Gasteiger partial charge in [0.1, 0.15) is 34.7 Å². The van der Waals surface area contributed by atoms with Crippen molar-refractivity contribution in [1.29, 1.82) is 0 Å². The van der Waals surface area contributed by atoms with E-state index in [-0.39, 0.29) is 5.92 Å². The summed E-state index contributed by atoms with van der Waals surface area (Å²) < 4.78 is 36.3. The molecular formula is C27H25ClF2N6O. The summed E-state index contributed by atoms with van der Waals surface area (Å²) in [6.45, 7) is 1.34. The van der Waals surface area contributed by atoms with Crippen LogP contribution in [0, 0.1) is 11.6 Å². The first kappa shape index (κ1) is 23.7. The molecule has 4 bridgehead atoms. The maximum Gasteiger partial charge on any atom is 0.229 e. The van der Waals surface area contributed by atoms with Gasteiger partial charge < -0.3 is 19.5 Å². The summed E-state index contributed by atoms with van der Waals surface area (Å²) in [4.78, 5) is 15.9. The van der Waals surface area contributed by atoms with Crippen LogP contribution in [-0.4, -0.2) is 39.7 Å². The highest BCUT2D eigenvalue weighted by Crippen LogP contribution is 2.42. The van der Waals surface area contributed by atoms with Gasteiger partial charge >= 0.3 is 0 Å². The summed E-state index contributed by atoms with van der Waals surface area (Å²) in [7, 11) is 2.01. The fourth-order valence-corrected chi connectivity index (χ4v) is 5.27. The van der Waals surface area contributed by atoms with Gasteiger partial charge in [-0.05, 0) is 49.4 Å². The average molecular weight is 523 g/mol. The summed E-state index contributed by atoms with van der Waals surface area (Å²) in [5, 5.41) is 3.71. The van der Waals surface area contributed by atoms with Crippen molar-refractivity contribution in [1.82, 2.24) is 19.5 Å². The second-order valence-electron chi connectivity index (χ2n) is 9.38. The summed E-state index contributed by atoms with van der Waals surface area (Å²) in [5.41, 5.74) is 3.82. The Morgan fingerprint density at radius 2 is 2.00 bits per heavy atom. The fourth-order valence-electron chi connectivity index (χ4n) is 5.12. The van der Waals surface area contributed by atoms with Gasteiger partial charge in [-0.15, -0.1) is 0 Å². The van der Waals surface area contributed by atoms with E-state index in [1.807, 2.05) is 29.8 Å². The molecule has 1 unspecified atom stereocenters. The van der Waals surface area contributed by atoms with Crippen LogP contribution in [0.2, 0.25) is 5.15 Å². The Labute approximate surface area is 218 Å². The van der Waals surface area contributed by atoms with E-state index in [1.165, 1.54) is 12.1 Å². The monoisotopic (exact) mass is 522 g/mol. The molecule has 1 aliphatic heterocycles. The van der Waals surface area contributed by atoms with Gasteiger partial charge in [0, 0.05) is 49.1 Å². The standard InChI is InChI=1S/C27H25ClF2N6O/c1-35-10-2-3-11-37-23-13-17(5-9-22(23)36-14-24(28)31-15-36)32-27-33-25-19(7-8-20(25)26(35)34-27)18-6-4-16(29)12-21(18)30/h4-6,9,12-15,19H,2-3,7-8,10-11H2,1H3,(H,32,33,34). The summed E-state index contributed by atoms with van der Waals surface area (Å²) in [6.07, 6.45) is 6.55. The number of hydrogen-bond donors (Lipinski definition) is 1. The second-order valence-corrected chi connectivity index (χ2v) is 9.77. The number of imidazole rings is 1. The lowest BCUT2D eigenvalue weighted by molar-refractivity contribution is 0.307. The zero-order valence-electron chi connectivity index (χ0n) is 20.2. The number of halogens is 3. The lowest BCUT2D eigenvalue weighted by Gasteiger charge is -2.22. The molecule has 10 heteroatoms. The van der Waals surface area contributed by atoms with Gasteiger partial charge in [-0.2, -0.15) is 4.98 Å². The summed E-state index contributed by atoms with van der Waals surface area (Å²) in [5.74, 6) is 0.522. The van der Waals surface area contributed by atoms with Gasteiger partial charge in [-0.1, -0.05) is 17.7 Å². The molecule has 7 nitrogen and oxygen atoms in total. The molecule has 2 aromatic heterocycles. The molecule has 6 rings (SSSR count). The van der Waals surface area contributed by atoms with Crippen molar-refractivity contribution in [2.24, 2.45) is 0 Å². The normalized spacial score (nSPS) is 17.2. The van der Waals surface area contributed by atoms with E-state index in [2.05, 4.69) is 15.2 Å². The van der Waals surface area contributed by atoms with Crippen molar-refractivity contribution < 1.29 is 13.5 Å². The van der Waals surface area contributed by atoms with Crippen LogP contribution in [-0.2, 0) is 6.42 Å². The average Bonchev–Trinajstić information content (AvgIpc) is 3.49. The maximum atomic E-state index is 14.8. The Hall–Kier alpha value is -3.72. The van der Waals surface area contributed by atoms with E-state index >= 15 is 0 Å². The van der Waals surface area contributed by atoms with Gasteiger partial charge in [-0.3, -0.25) is 0 Å². The molecule has 190 valence electrons. The predicted molar refractivity (Wildman–Crippen MR) is 138 cm³/mol. The first-order valence-corrected chi connectivity index (χ1v) is 12.6. The fraction of sp³-hybridized carbons (Fsp3) is 0.296. The highest BCUT2D eigenvalue weighted by Gasteiger charge is 2.32. The number of hydrogen-bond acceptors (Lipinski definition) is 6. The van der Waals surface area contributed by atoms with Crippen molar-refractivity contribution in [2.45, 2.75) is 31.6 Å². The number of aromatic nitrogens is 4. The molecule has 4 aromatic rings. The van der Waals surface area contributed by atoms with Crippen LogP contribution in [0.4, 0.5) is 26.2 Å². The lowest BCUT2D eigenvalue weighted by Crippen LogP contribution is -2.23. The molecule has 1 atom stereocenters. The van der Waals surface area contributed by atoms with Crippen LogP contribution in [0.3, 0.4) is 0 Å². The zero-order valence-corrected chi connectivity index (χ0v) is 21.0. The molecular weight excluding hydrogens is 498 g/mol. The number of ether oxygens (including phenoxy) is 1. The van der Waals surface area contributed by atoms with Crippen LogP contribution < -0.4 is 15.0 Å². The molecule has 2 aromatic carbocycles. The Bertz CT molecular complexity index is 1480. The Morgan fingerprint density at radius 1 is 1.11 bits per heavy atom. The molecule has 37 heavy (non-hydrogen) atoms. The molecule has 3 heterocycles. The molecule has 0 saturated carbocycles. The number of fused-ring (bicyclic) bond motifs is 6. The number of rotatable bonds is 2. The second kappa shape index (κ2) is 9.63. The van der Waals surface area contributed by atoms with Crippen LogP contribution in [0.5, 0.6) is 5.75 Å². The van der Waals surface area contributed by atoms with E-state index in [1.54, 1.807) is 12.5 Å². The Kier molecular flexibility index (Phi) is 6.16. The first-order chi connectivity index (χ1) is 18.0. The maximum absolute atomic E-state index is 14.8. The number of benzene rings is 2. The third kappa shape index (κ3) is 4.59. The smallest absolute Gasteiger partial charge is 0.229 e. The van der Waals surface area contributed by atoms with Crippen molar-refractivity contribution >= 4 is 29.1 Å². The van der Waals surface area contributed by atoms with E-state index < -0.39 is 11.6 Å².